The number of carbonyl (C=O) groups excluding carboxylic acids is 1. The molecule has 0 unspecified atom stereocenters. The number of carbonyl (C=O) groups is 1. The molecule has 7 nitrogen and oxygen atoms in total. The number of fused-ring (bicyclic) bond motifs is 1. The van der Waals surface area contributed by atoms with Crippen molar-refractivity contribution in [3.8, 4) is 0 Å². The van der Waals surface area contributed by atoms with Gasteiger partial charge >= 0.3 is 12.4 Å². The summed E-state index contributed by atoms with van der Waals surface area (Å²) in [4.78, 5) is 18.1. The fourth-order valence-corrected chi connectivity index (χ4v) is 6.74. The second-order valence-electron chi connectivity index (χ2n) is 10.5. The van der Waals surface area contributed by atoms with Crippen molar-refractivity contribution in [3.63, 3.8) is 0 Å². The summed E-state index contributed by atoms with van der Waals surface area (Å²) in [7, 11) is 0. The summed E-state index contributed by atoms with van der Waals surface area (Å²) in [6.07, 6.45) is -11.3. The first kappa shape index (κ1) is 29.2. The molecule has 2 aliphatic heterocycles. The first-order chi connectivity index (χ1) is 20.4. The number of aliphatic hydroxyl groups is 1. The maximum Gasteiger partial charge on any atom is 0.434 e. The molecule has 2 atom stereocenters. The van der Waals surface area contributed by atoms with Crippen LogP contribution in [-0.2, 0) is 11.0 Å². The van der Waals surface area contributed by atoms with Crippen LogP contribution in [0.25, 0.3) is 0 Å². The molecule has 4 aromatic rings. The number of rotatable bonds is 5. The summed E-state index contributed by atoms with van der Waals surface area (Å²) in [5.41, 5.74) is 0.252. The van der Waals surface area contributed by atoms with Crippen LogP contribution in [0, 0.1) is 0 Å². The number of hydrogen-bond acceptors (Lipinski definition) is 6. The van der Waals surface area contributed by atoms with Gasteiger partial charge in [0.15, 0.2) is 10.8 Å². The maximum absolute atomic E-state index is 14.5. The molecule has 1 amide bonds. The predicted molar refractivity (Wildman–Crippen MR) is 147 cm³/mol. The Morgan fingerprint density at radius 3 is 2.02 bits per heavy atom. The van der Waals surface area contributed by atoms with Gasteiger partial charge in [0.25, 0.3) is 5.91 Å². The Hall–Kier alpha value is -3.91. The van der Waals surface area contributed by atoms with E-state index in [1.165, 1.54) is 4.68 Å². The number of piperidine rings is 1. The molecular weight excluding hydrogens is 596 g/mol. The van der Waals surface area contributed by atoms with Gasteiger partial charge in [-0.1, -0.05) is 60.7 Å². The van der Waals surface area contributed by atoms with E-state index in [4.69, 9.17) is 5.10 Å². The number of nitrogens with zero attached hydrogens (tertiary/aromatic N) is 4. The first-order valence-corrected chi connectivity index (χ1v) is 14.4. The Kier molecular flexibility index (Phi) is 7.45. The van der Waals surface area contributed by atoms with Gasteiger partial charge in [-0.3, -0.25) is 4.79 Å². The minimum Gasteiger partial charge on any atom is -0.382 e. The van der Waals surface area contributed by atoms with Crippen molar-refractivity contribution in [2.75, 3.05) is 23.3 Å². The number of aliphatic hydroxyl groups excluding tert-OH is 1. The smallest absolute Gasteiger partial charge is 0.382 e. The van der Waals surface area contributed by atoms with E-state index in [0.717, 1.165) is 16.7 Å². The van der Waals surface area contributed by atoms with E-state index < -0.39 is 47.9 Å². The average Bonchev–Trinajstić information content (AvgIpc) is 3.61. The zero-order chi connectivity index (χ0) is 30.5. The number of thiazole rings is 1. The Morgan fingerprint density at radius 2 is 1.51 bits per heavy atom. The standard InChI is InChI=1S/C29H25F6N5O2S/c30-28(31,32)19-15-43-27(36-19)39-13-11-16(12-14-39)22-20-21(29(33,34)35)24(41)26(42)37-25(20)40(38-22)23(17-7-3-1-4-8-17)18-9-5-2-6-10-18/h1-10,15-16,21,23-24,41H,11-14H2,(H,37,42)/t21-,24-/m0/s1. The zero-order valence-electron chi connectivity index (χ0n) is 22.3. The highest BCUT2D eigenvalue weighted by molar-refractivity contribution is 7.13. The fourth-order valence-electron chi connectivity index (χ4n) is 5.86. The van der Waals surface area contributed by atoms with Crippen LogP contribution < -0.4 is 10.2 Å². The molecule has 1 fully saturated rings. The predicted octanol–water partition coefficient (Wildman–Crippen LogP) is 6.34. The topological polar surface area (TPSA) is 83.3 Å². The van der Waals surface area contributed by atoms with Gasteiger partial charge in [0, 0.05) is 30.0 Å². The summed E-state index contributed by atoms with van der Waals surface area (Å²) < 4.78 is 84.3. The van der Waals surface area contributed by atoms with Crippen molar-refractivity contribution in [1.29, 1.82) is 0 Å². The molecule has 2 aliphatic rings. The Morgan fingerprint density at radius 1 is 0.930 bits per heavy atom. The molecule has 2 aromatic carbocycles. The molecule has 2 aromatic heterocycles. The van der Waals surface area contributed by atoms with Gasteiger partial charge in [-0.05, 0) is 24.0 Å². The molecule has 0 aliphatic carbocycles. The highest BCUT2D eigenvalue weighted by Gasteiger charge is 2.55. The summed E-state index contributed by atoms with van der Waals surface area (Å²) in [6, 6.07) is 17.3. The number of halogens is 6. The fraction of sp³-hybridized carbons (Fsp3) is 0.345. The molecule has 14 heteroatoms. The molecule has 0 spiro atoms. The number of amides is 1. The molecular formula is C29H25F6N5O2S. The lowest BCUT2D eigenvalue weighted by atomic mass is 9.83. The second kappa shape index (κ2) is 11.0. The van der Waals surface area contributed by atoms with Crippen molar-refractivity contribution in [3.05, 3.63) is 94.1 Å². The molecule has 6 rings (SSSR count). The summed E-state index contributed by atoms with van der Waals surface area (Å²) in [5, 5.41) is 18.9. The van der Waals surface area contributed by atoms with E-state index in [9.17, 15) is 36.2 Å². The largest absolute Gasteiger partial charge is 0.434 e. The maximum atomic E-state index is 14.5. The van der Waals surface area contributed by atoms with Crippen LogP contribution in [0.5, 0.6) is 0 Å². The normalized spacial score (nSPS) is 19.9. The van der Waals surface area contributed by atoms with Gasteiger partial charge in [0.2, 0.25) is 0 Å². The van der Waals surface area contributed by atoms with E-state index >= 15 is 0 Å². The quantitative estimate of drug-likeness (QED) is 0.254. The van der Waals surface area contributed by atoms with Gasteiger partial charge in [-0.15, -0.1) is 11.3 Å². The molecule has 0 bridgehead atoms. The van der Waals surface area contributed by atoms with Crippen LogP contribution in [0.4, 0.5) is 37.3 Å². The molecule has 1 saturated heterocycles. The van der Waals surface area contributed by atoms with Crippen LogP contribution in [0.15, 0.2) is 66.0 Å². The highest BCUT2D eigenvalue weighted by Crippen LogP contribution is 2.49. The number of hydrogen-bond donors (Lipinski definition) is 2. The number of alkyl halides is 6. The van der Waals surface area contributed by atoms with Crippen molar-refractivity contribution in [2.45, 2.75) is 49.2 Å². The summed E-state index contributed by atoms with van der Waals surface area (Å²) in [6.45, 7) is 0.479. The van der Waals surface area contributed by atoms with Gasteiger partial charge in [0.1, 0.15) is 23.9 Å². The minimum atomic E-state index is -4.96. The van der Waals surface area contributed by atoms with Crippen LogP contribution >= 0.6 is 11.3 Å². The van der Waals surface area contributed by atoms with E-state index in [1.807, 2.05) is 24.3 Å². The third-order valence-electron chi connectivity index (χ3n) is 7.88. The summed E-state index contributed by atoms with van der Waals surface area (Å²) >= 11 is 0.856. The van der Waals surface area contributed by atoms with Crippen molar-refractivity contribution in [1.82, 2.24) is 14.8 Å². The Balaban J connectivity index is 1.44. The van der Waals surface area contributed by atoms with Gasteiger partial charge in [-0.2, -0.15) is 31.4 Å². The molecule has 226 valence electrons. The molecule has 4 heterocycles. The molecule has 0 radical (unpaired) electrons. The SMILES string of the molecule is O=C1Nc2c(c(C3CCN(c4nc(C(F)(F)F)cs4)CC3)nn2C(c2ccccc2)c2ccccc2)[C@H](C(F)(F)F)[C@@H]1O. The minimum absolute atomic E-state index is 0.100. The van der Waals surface area contributed by atoms with E-state index in [0.29, 0.717) is 11.1 Å². The van der Waals surface area contributed by atoms with Gasteiger partial charge in [0.05, 0.1) is 5.69 Å². The second-order valence-corrected chi connectivity index (χ2v) is 11.4. The van der Waals surface area contributed by atoms with Crippen molar-refractivity contribution >= 4 is 28.2 Å². The first-order valence-electron chi connectivity index (χ1n) is 13.5. The monoisotopic (exact) mass is 621 g/mol. The van der Waals surface area contributed by atoms with Crippen LogP contribution in [0.2, 0.25) is 0 Å². The zero-order valence-corrected chi connectivity index (χ0v) is 23.1. The number of aromatic nitrogens is 3. The van der Waals surface area contributed by atoms with E-state index in [2.05, 4.69) is 10.3 Å². The third-order valence-corrected chi connectivity index (χ3v) is 8.78. The molecule has 43 heavy (non-hydrogen) atoms. The number of benzene rings is 2. The van der Waals surface area contributed by atoms with Crippen LogP contribution in [0.1, 0.15) is 58.8 Å². The lowest BCUT2D eigenvalue weighted by Gasteiger charge is -2.34. The number of anilines is 2. The van der Waals surface area contributed by atoms with Crippen molar-refractivity contribution in [2.24, 2.45) is 0 Å². The van der Waals surface area contributed by atoms with E-state index in [1.54, 1.807) is 41.3 Å². The lowest BCUT2D eigenvalue weighted by Crippen LogP contribution is -2.45. The van der Waals surface area contributed by atoms with Gasteiger partial charge in [-0.25, -0.2) is 9.67 Å². The van der Waals surface area contributed by atoms with Crippen LogP contribution in [-0.4, -0.2) is 51.1 Å². The van der Waals surface area contributed by atoms with Gasteiger partial charge < -0.3 is 15.3 Å². The average molecular weight is 622 g/mol. The van der Waals surface area contributed by atoms with E-state index in [-0.39, 0.29) is 48.1 Å². The Labute approximate surface area is 245 Å². The third kappa shape index (κ3) is 5.49. The highest BCUT2D eigenvalue weighted by atomic mass is 32.1. The van der Waals surface area contributed by atoms with Crippen LogP contribution in [0.3, 0.4) is 0 Å². The number of nitrogens with one attached hydrogen (secondary N) is 1. The van der Waals surface area contributed by atoms with Crippen molar-refractivity contribution < 1.29 is 36.2 Å². The summed E-state index contributed by atoms with van der Waals surface area (Å²) in [5.74, 6) is -4.34. The lowest BCUT2D eigenvalue weighted by molar-refractivity contribution is -0.177. The molecule has 0 saturated carbocycles. The Bertz CT molecular complexity index is 1560. The molecule has 2 N–H and O–H groups in total.